The van der Waals surface area contributed by atoms with Gasteiger partial charge in [0.05, 0.1) is 5.56 Å². The van der Waals surface area contributed by atoms with Crippen molar-refractivity contribution in [3.05, 3.63) is 34.2 Å². The number of hydrogen-bond donors (Lipinski definition) is 3. The van der Waals surface area contributed by atoms with Crippen LogP contribution in [0.4, 0.5) is 0 Å². The summed E-state index contributed by atoms with van der Waals surface area (Å²) < 4.78 is 0. The first-order valence-corrected chi connectivity index (χ1v) is 5.87. The van der Waals surface area contributed by atoms with Gasteiger partial charge < -0.3 is 15.6 Å². The molecule has 0 bridgehead atoms. The van der Waals surface area contributed by atoms with E-state index in [0.29, 0.717) is 11.5 Å². The van der Waals surface area contributed by atoms with E-state index in [1.54, 1.807) is 0 Å². The second kappa shape index (κ2) is 6.56. The number of halogens is 1. The predicted molar refractivity (Wildman–Crippen MR) is 72.2 cm³/mol. The molecule has 2 heterocycles. The zero-order valence-corrected chi connectivity index (χ0v) is 11.0. The quantitative estimate of drug-likeness (QED) is 0.734. The molecule has 1 aliphatic rings. The second-order valence-electron chi connectivity index (χ2n) is 4.49. The molecule has 1 aromatic rings. The molecule has 6 heteroatoms. The Morgan fingerprint density at radius 2 is 2.22 bits per heavy atom. The Kier molecular flexibility index (Phi) is 5.37. The molecular formula is C12H18ClN3O2. The normalized spacial score (nSPS) is 22.9. The van der Waals surface area contributed by atoms with E-state index in [2.05, 4.69) is 22.5 Å². The van der Waals surface area contributed by atoms with Gasteiger partial charge in [0, 0.05) is 24.8 Å². The van der Waals surface area contributed by atoms with Gasteiger partial charge in [0.2, 0.25) is 5.56 Å². The van der Waals surface area contributed by atoms with E-state index < -0.39 is 0 Å². The fraction of sp³-hybridized carbons (Fsp3) is 0.500. The molecule has 1 fully saturated rings. The summed E-state index contributed by atoms with van der Waals surface area (Å²) in [5.74, 6) is 0.338. The molecular weight excluding hydrogens is 254 g/mol. The summed E-state index contributed by atoms with van der Waals surface area (Å²) >= 11 is 0. The fourth-order valence-electron chi connectivity index (χ4n) is 1.99. The van der Waals surface area contributed by atoms with Crippen LogP contribution in [0.2, 0.25) is 0 Å². The summed E-state index contributed by atoms with van der Waals surface area (Å²) in [5, 5.41) is 6.24. The molecule has 5 nitrogen and oxygen atoms in total. The average molecular weight is 272 g/mol. The molecule has 0 aliphatic carbocycles. The third-order valence-electron chi connectivity index (χ3n) is 3.19. The molecule has 1 amide bonds. The highest BCUT2D eigenvalue weighted by atomic mass is 35.5. The van der Waals surface area contributed by atoms with Gasteiger partial charge in [-0.25, -0.2) is 0 Å². The van der Waals surface area contributed by atoms with Crippen molar-refractivity contribution in [3.8, 4) is 0 Å². The second-order valence-corrected chi connectivity index (χ2v) is 4.49. The van der Waals surface area contributed by atoms with Gasteiger partial charge in [0.15, 0.2) is 0 Å². The zero-order chi connectivity index (χ0) is 12.3. The minimum Gasteiger partial charge on any atom is -0.348 e. The van der Waals surface area contributed by atoms with E-state index in [4.69, 9.17) is 0 Å². The molecule has 18 heavy (non-hydrogen) atoms. The van der Waals surface area contributed by atoms with Crippen molar-refractivity contribution in [2.24, 2.45) is 5.92 Å². The van der Waals surface area contributed by atoms with Gasteiger partial charge in [0.1, 0.15) is 0 Å². The summed E-state index contributed by atoms with van der Waals surface area (Å²) in [6.07, 6.45) is 2.51. The first-order valence-electron chi connectivity index (χ1n) is 5.87. The largest absolute Gasteiger partial charge is 0.348 e. The molecule has 1 aromatic heterocycles. The van der Waals surface area contributed by atoms with Crippen LogP contribution in [0.5, 0.6) is 0 Å². The number of rotatable bonds is 2. The Balaban J connectivity index is 0.00000162. The van der Waals surface area contributed by atoms with Crippen LogP contribution >= 0.6 is 12.4 Å². The lowest BCUT2D eigenvalue weighted by molar-refractivity contribution is 0.0915. The van der Waals surface area contributed by atoms with Crippen molar-refractivity contribution in [1.29, 1.82) is 0 Å². The first kappa shape index (κ1) is 14.7. The minimum absolute atomic E-state index is 0. The molecule has 0 aromatic carbocycles. The van der Waals surface area contributed by atoms with Gasteiger partial charge in [-0.15, -0.1) is 12.4 Å². The van der Waals surface area contributed by atoms with E-state index in [0.717, 1.165) is 19.5 Å². The summed E-state index contributed by atoms with van der Waals surface area (Å²) in [6.45, 7) is 3.95. The smallest absolute Gasteiger partial charge is 0.253 e. The van der Waals surface area contributed by atoms with E-state index in [1.807, 2.05) is 0 Å². The molecule has 1 saturated heterocycles. The number of aromatic nitrogens is 1. The summed E-state index contributed by atoms with van der Waals surface area (Å²) in [6, 6.07) is 3.05. The lowest BCUT2D eigenvalue weighted by atomic mass is 9.94. The zero-order valence-electron chi connectivity index (χ0n) is 10.2. The molecule has 3 N–H and O–H groups in total. The van der Waals surface area contributed by atoms with Crippen molar-refractivity contribution in [1.82, 2.24) is 15.6 Å². The van der Waals surface area contributed by atoms with Crippen molar-refractivity contribution in [2.45, 2.75) is 19.4 Å². The molecule has 100 valence electrons. The summed E-state index contributed by atoms with van der Waals surface area (Å²) in [5.41, 5.74) is 0.289. The summed E-state index contributed by atoms with van der Waals surface area (Å²) in [7, 11) is 0. The van der Waals surface area contributed by atoms with Crippen LogP contribution in [0.25, 0.3) is 0 Å². The topological polar surface area (TPSA) is 74.0 Å². The molecule has 0 spiro atoms. The molecule has 0 saturated carbocycles. The molecule has 2 unspecified atom stereocenters. The highest BCUT2D eigenvalue weighted by Gasteiger charge is 2.22. The minimum atomic E-state index is -0.200. The number of carbonyl (C=O) groups excluding carboxylic acids is 1. The van der Waals surface area contributed by atoms with Gasteiger partial charge in [-0.2, -0.15) is 0 Å². The standard InChI is InChI=1S/C12H17N3O2.ClH/c1-8-4-5-13-7-10(8)15-12(17)9-2-3-11(16)14-6-9;/h2-3,6,8,10,13H,4-5,7H2,1H3,(H,14,16)(H,15,17);1H. The molecule has 2 atom stereocenters. The van der Waals surface area contributed by atoms with E-state index >= 15 is 0 Å². The Hall–Kier alpha value is -1.33. The van der Waals surface area contributed by atoms with Crippen LogP contribution < -0.4 is 16.2 Å². The van der Waals surface area contributed by atoms with E-state index in [-0.39, 0.29) is 29.9 Å². The molecule has 1 aliphatic heterocycles. The van der Waals surface area contributed by atoms with Crippen molar-refractivity contribution >= 4 is 18.3 Å². The Labute approximate surface area is 112 Å². The number of amides is 1. The highest BCUT2D eigenvalue weighted by Crippen LogP contribution is 2.11. The third-order valence-corrected chi connectivity index (χ3v) is 3.19. The Bertz CT molecular complexity index is 440. The van der Waals surface area contributed by atoms with E-state index in [9.17, 15) is 9.59 Å². The number of aromatic amines is 1. The number of hydrogen-bond acceptors (Lipinski definition) is 3. The predicted octanol–water partition coefficient (Wildman–Crippen LogP) is 0.524. The Morgan fingerprint density at radius 3 is 2.83 bits per heavy atom. The lowest BCUT2D eigenvalue weighted by Gasteiger charge is -2.30. The highest BCUT2D eigenvalue weighted by molar-refractivity contribution is 5.94. The van der Waals surface area contributed by atoms with Gasteiger partial charge in [-0.05, 0) is 24.9 Å². The number of piperidine rings is 1. The maximum Gasteiger partial charge on any atom is 0.253 e. The monoisotopic (exact) mass is 271 g/mol. The van der Waals surface area contributed by atoms with Gasteiger partial charge >= 0.3 is 0 Å². The van der Waals surface area contributed by atoms with Gasteiger partial charge in [0.25, 0.3) is 5.91 Å². The number of carbonyl (C=O) groups is 1. The van der Waals surface area contributed by atoms with Crippen molar-refractivity contribution in [3.63, 3.8) is 0 Å². The average Bonchev–Trinajstić information content (AvgIpc) is 2.33. The molecule has 0 radical (unpaired) electrons. The Morgan fingerprint density at radius 1 is 1.44 bits per heavy atom. The number of H-pyrrole nitrogens is 1. The van der Waals surface area contributed by atoms with Gasteiger partial charge in [-0.3, -0.25) is 9.59 Å². The van der Waals surface area contributed by atoms with Crippen LogP contribution in [0.15, 0.2) is 23.1 Å². The SMILES string of the molecule is CC1CCNCC1NC(=O)c1ccc(=O)[nH]c1.Cl. The maximum absolute atomic E-state index is 11.9. The fourth-order valence-corrected chi connectivity index (χ4v) is 1.99. The third kappa shape index (κ3) is 3.58. The van der Waals surface area contributed by atoms with Crippen molar-refractivity contribution < 1.29 is 4.79 Å². The number of nitrogens with one attached hydrogen (secondary N) is 3. The lowest BCUT2D eigenvalue weighted by Crippen LogP contribution is -2.50. The van der Waals surface area contributed by atoms with E-state index in [1.165, 1.54) is 18.3 Å². The van der Waals surface area contributed by atoms with Crippen LogP contribution in [-0.4, -0.2) is 30.0 Å². The van der Waals surface area contributed by atoms with Crippen LogP contribution in [-0.2, 0) is 0 Å². The van der Waals surface area contributed by atoms with Crippen LogP contribution in [0.3, 0.4) is 0 Å². The maximum atomic E-state index is 11.9. The number of pyridine rings is 1. The molecule has 2 rings (SSSR count). The van der Waals surface area contributed by atoms with Crippen molar-refractivity contribution in [2.75, 3.05) is 13.1 Å². The van der Waals surface area contributed by atoms with Crippen LogP contribution in [0.1, 0.15) is 23.7 Å². The first-order chi connectivity index (χ1) is 8.16. The van der Waals surface area contributed by atoms with Crippen LogP contribution in [0, 0.1) is 5.92 Å². The van der Waals surface area contributed by atoms with Gasteiger partial charge in [-0.1, -0.05) is 6.92 Å². The summed E-state index contributed by atoms with van der Waals surface area (Å²) in [4.78, 5) is 25.3.